The molecule has 1 N–H and O–H groups in total. The Balaban J connectivity index is 1.21. The van der Waals surface area contributed by atoms with E-state index in [1.54, 1.807) is 21.8 Å². The normalized spacial score (nSPS) is 24.1. The Morgan fingerprint density at radius 3 is 2.79 bits per heavy atom. The molecule has 2 bridgehead atoms. The van der Waals surface area contributed by atoms with Gasteiger partial charge in [0.15, 0.2) is 5.65 Å². The van der Waals surface area contributed by atoms with Crippen LogP contribution in [0.4, 0.5) is 4.39 Å². The number of amides is 1. The molecule has 3 aliphatic rings. The van der Waals surface area contributed by atoms with E-state index in [0.717, 1.165) is 36.9 Å². The van der Waals surface area contributed by atoms with E-state index in [9.17, 15) is 14.3 Å². The van der Waals surface area contributed by atoms with Crippen LogP contribution in [0.15, 0.2) is 30.6 Å². The second kappa shape index (κ2) is 8.48. The van der Waals surface area contributed by atoms with Gasteiger partial charge in [0.2, 0.25) is 0 Å². The van der Waals surface area contributed by atoms with Crippen molar-refractivity contribution < 1.29 is 19.0 Å². The van der Waals surface area contributed by atoms with Gasteiger partial charge in [-0.15, -0.1) is 0 Å². The maximum atomic E-state index is 14.2. The van der Waals surface area contributed by atoms with E-state index in [2.05, 4.69) is 15.0 Å². The van der Waals surface area contributed by atoms with Crippen molar-refractivity contribution in [2.24, 2.45) is 0 Å². The number of fused-ring (bicyclic) bond motifs is 5. The minimum atomic E-state index is -0.435. The molecule has 3 aliphatic heterocycles. The fraction of sp³-hybridized carbons (Fsp3) is 0.458. The van der Waals surface area contributed by atoms with Crippen LogP contribution in [-0.2, 0) is 13.1 Å². The first-order valence-electron chi connectivity index (χ1n) is 11.6. The van der Waals surface area contributed by atoms with Gasteiger partial charge in [-0.2, -0.15) is 5.10 Å². The number of aliphatic hydroxyl groups is 1. The molecule has 0 spiro atoms. The summed E-state index contributed by atoms with van der Waals surface area (Å²) in [5.74, 6) is -0.370. The molecule has 1 aromatic carbocycles. The third-order valence-corrected chi connectivity index (χ3v) is 7.46. The third kappa shape index (κ3) is 3.72. The van der Waals surface area contributed by atoms with Crippen molar-refractivity contribution in [2.75, 3.05) is 13.2 Å². The molecule has 2 fully saturated rings. The number of carbonyl (C=O) groups is 1. The predicted octanol–water partition coefficient (Wildman–Crippen LogP) is 3.04. The summed E-state index contributed by atoms with van der Waals surface area (Å²) >= 11 is 6.01. The molecular weight excluding hydrogens is 461 g/mol. The van der Waals surface area contributed by atoms with Gasteiger partial charge in [0, 0.05) is 36.5 Å². The van der Waals surface area contributed by atoms with E-state index in [1.165, 1.54) is 18.2 Å². The van der Waals surface area contributed by atoms with Gasteiger partial charge in [0.1, 0.15) is 17.7 Å². The summed E-state index contributed by atoms with van der Waals surface area (Å²) in [6, 6.07) is 4.82. The molecule has 8 nitrogen and oxygen atoms in total. The van der Waals surface area contributed by atoms with E-state index >= 15 is 0 Å². The summed E-state index contributed by atoms with van der Waals surface area (Å²) in [6.07, 6.45) is 6.94. The predicted molar refractivity (Wildman–Crippen MR) is 122 cm³/mol. The van der Waals surface area contributed by atoms with E-state index in [-0.39, 0.29) is 24.4 Å². The summed E-state index contributed by atoms with van der Waals surface area (Å²) in [5, 5.41) is 14.4. The SMILES string of the molecule is O=C(c1ccc(F)cc1OC1C[C@H]2CC[C@@H](C1)N2CCO)N1Cc2nn3cc(Cl)cnc3c2C1. The standard InChI is InChI=1S/C24H25ClFN5O3/c25-14-10-27-23-20-12-29(13-21(20)28-31(23)11-14)24(33)19-4-1-15(26)7-22(19)34-18-8-16-2-3-17(9-18)30(16)5-6-32/h1,4,7,10-11,16-18,32H,2-3,5-6,8-9,12-13H2/t16-,17+,18?. The first-order valence-corrected chi connectivity index (χ1v) is 12.0. The van der Waals surface area contributed by atoms with Crippen molar-refractivity contribution in [3.8, 4) is 5.75 Å². The Morgan fingerprint density at radius 2 is 2.03 bits per heavy atom. The smallest absolute Gasteiger partial charge is 0.258 e. The van der Waals surface area contributed by atoms with Crippen molar-refractivity contribution in [3.63, 3.8) is 0 Å². The molecule has 6 rings (SSSR count). The first kappa shape index (κ1) is 21.8. The van der Waals surface area contributed by atoms with Crippen molar-refractivity contribution in [1.82, 2.24) is 24.4 Å². The number of rotatable bonds is 5. The van der Waals surface area contributed by atoms with Crippen LogP contribution in [-0.4, -0.2) is 66.8 Å². The van der Waals surface area contributed by atoms with Crippen molar-refractivity contribution >= 4 is 23.2 Å². The number of carbonyl (C=O) groups excluding carboxylic acids is 1. The van der Waals surface area contributed by atoms with Crippen LogP contribution < -0.4 is 4.74 Å². The Bertz CT molecular complexity index is 1250. The minimum absolute atomic E-state index is 0.0882. The lowest BCUT2D eigenvalue weighted by molar-refractivity contribution is 0.0380. The molecule has 1 unspecified atom stereocenters. The zero-order chi connectivity index (χ0) is 23.4. The maximum absolute atomic E-state index is 14.2. The van der Waals surface area contributed by atoms with Gasteiger partial charge in [0.05, 0.1) is 42.2 Å². The van der Waals surface area contributed by atoms with Gasteiger partial charge >= 0.3 is 0 Å². The molecule has 5 heterocycles. The van der Waals surface area contributed by atoms with Gasteiger partial charge in [-0.25, -0.2) is 13.9 Å². The zero-order valence-electron chi connectivity index (χ0n) is 18.5. The lowest BCUT2D eigenvalue weighted by Crippen LogP contribution is -2.47. The van der Waals surface area contributed by atoms with Crippen LogP contribution in [0.5, 0.6) is 5.75 Å². The van der Waals surface area contributed by atoms with Gasteiger partial charge in [-0.1, -0.05) is 11.6 Å². The largest absolute Gasteiger partial charge is 0.489 e. The maximum Gasteiger partial charge on any atom is 0.258 e. The van der Waals surface area contributed by atoms with E-state index < -0.39 is 5.82 Å². The fourth-order valence-electron chi connectivity index (χ4n) is 5.79. The van der Waals surface area contributed by atoms with Crippen molar-refractivity contribution in [2.45, 2.75) is 57.0 Å². The average molecular weight is 486 g/mol. The molecule has 2 saturated heterocycles. The summed E-state index contributed by atoms with van der Waals surface area (Å²) in [6.45, 7) is 1.53. The molecule has 0 radical (unpaired) electrons. The van der Waals surface area contributed by atoms with Crippen LogP contribution in [0.1, 0.15) is 47.3 Å². The second-order valence-electron chi connectivity index (χ2n) is 9.32. The second-order valence-corrected chi connectivity index (χ2v) is 9.76. The number of aliphatic hydroxyl groups excluding tert-OH is 1. The molecule has 2 aromatic heterocycles. The first-order chi connectivity index (χ1) is 16.5. The van der Waals surface area contributed by atoms with Crippen LogP contribution in [0.25, 0.3) is 5.65 Å². The topological polar surface area (TPSA) is 83.2 Å². The highest BCUT2D eigenvalue weighted by molar-refractivity contribution is 6.30. The average Bonchev–Trinajstić information content (AvgIpc) is 3.42. The van der Waals surface area contributed by atoms with Crippen LogP contribution in [0, 0.1) is 5.82 Å². The summed E-state index contributed by atoms with van der Waals surface area (Å²) in [7, 11) is 0. The highest BCUT2D eigenvalue weighted by Gasteiger charge is 2.41. The number of ether oxygens (including phenoxy) is 1. The minimum Gasteiger partial charge on any atom is -0.489 e. The monoisotopic (exact) mass is 485 g/mol. The Kier molecular flexibility index (Phi) is 5.43. The van der Waals surface area contributed by atoms with Gasteiger partial charge in [0.25, 0.3) is 5.91 Å². The summed E-state index contributed by atoms with van der Waals surface area (Å²) in [4.78, 5) is 21.9. The Hall–Kier alpha value is -2.75. The molecule has 10 heteroatoms. The highest BCUT2D eigenvalue weighted by atomic mass is 35.5. The van der Waals surface area contributed by atoms with E-state index in [4.69, 9.17) is 16.3 Å². The number of piperidine rings is 1. The lowest BCUT2D eigenvalue weighted by Gasteiger charge is -2.38. The molecule has 3 aromatic rings. The van der Waals surface area contributed by atoms with Crippen LogP contribution in [0.2, 0.25) is 5.02 Å². The molecule has 34 heavy (non-hydrogen) atoms. The van der Waals surface area contributed by atoms with E-state index in [1.807, 2.05) is 0 Å². The van der Waals surface area contributed by atoms with Crippen molar-refractivity contribution in [3.05, 3.63) is 58.3 Å². The van der Waals surface area contributed by atoms with Gasteiger partial charge in [-0.3, -0.25) is 9.69 Å². The fourth-order valence-corrected chi connectivity index (χ4v) is 5.93. The number of hydrogen-bond donors (Lipinski definition) is 1. The quantitative estimate of drug-likeness (QED) is 0.598. The molecular formula is C24H25ClFN5O3. The molecule has 178 valence electrons. The molecule has 0 aliphatic carbocycles. The number of nitrogens with zero attached hydrogens (tertiary/aromatic N) is 5. The zero-order valence-corrected chi connectivity index (χ0v) is 19.3. The summed E-state index contributed by atoms with van der Waals surface area (Å²) in [5.41, 5.74) is 2.70. The number of halogens is 2. The number of benzene rings is 1. The third-order valence-electron chi connectivity index (χ3n) is 7.26. The van der Waals surface area contributed by atoms with Gasteiger partial charge < -0.3 is 14.7 Å². The molecule has 1 amide bonds. The molecule has 3 atom stereocenters. The Labute approximate surface area is 200 Å². The van der Waals surface area contributed by atoms with Crippen molar-refractivity contribution in [1.29, 1.82) is 0 Å². The lowest BCUT2D eigenvalue weighted by atomic mass is 9.99. The van der Waals surface area contributed by atoms with Crippen LogP contribution in [0.3, 0.4) is 0 Å². The van der Waals surface area contributed by atoms with E-state index in [0.29, 0.717) is 48.0 Å². The number of aromatic nitrogens is 3. The molecule has 0 saturated carbocycles. The Morgan fingerprint density at radius 1 is 1.24 bits per heavy atom. The highest BCUT2D eigenvalue weighted by Crippen LogP contribution is 2.38. The van der Waals surface area contributed by atoms with Gasteiger partial charge in [-0.05, 0) is 37.8 Å². The van der Waals surface area contributed by atoms with Crippen LogP contribution >= 0.6 is 11.6 Å². The number of hydrogen-bond acceptors (Lipinski definition) is 6. The summed E-state index contributed by atoms with van der Waals surface area (Å²) < 4.78 is 22.1.